The summed E-state index contributed by atoms with van der Waals surface area (Å²) in [4.78, 5) is 23.5. The number of hydrogen-bond donors (Lipinski definition) is 0. The van der Waals surface area contributed by atoms with Crippen LogP contribution in [0.4, 0.5) is 0 Å². The molecule has 22 heavy (non-hydrogen) atoms. The van der Waals surface area contributed by atoms with Crippen LogP contribution in [0.2, 0.25) is 0 Å². The van der Waals surface area contributed by atoms with Crippen LogP contribution in [0, 0.1) is 5.92 Å². The van der Waals surface area contributed by atoms with Crippen LogP contribution in [-0.4, -0.2) is 40.5 Å². The van der Waals surface area contributed by atoms with E-state index in [0.29, 0.717) is 19.8 Å². The molecular formula is C16H16BrN3O2. The molecule has 4 rings (SSSR count). The van der Waals surface area contributed by atoms with Crippen molar-refractivity contribution in [2.75, 3.05) is 19.8 Å². The van der Waals surface area contributed by atoms with Crippen LogP contribution in [0.5, 0.6) is 0 Å². The van der Waals surface area contributed by atoms with Crippen LogP contribution in [0.3, 0.4) is 0 Å². The standard InChI is InChI=1S/C16H16BrN3O2/c17-13-6-11-5-12-8-20(16(21)10-2-4-22-9-10)3-1-14(12)19-15(11)18-7-13/h5-7,10H,1-4,8-9H2. The minimum absolute atomic E-state index is 0.0331. The van der Waals surface area contributed by atoms with E-state index in [-0.39, 0.29) is 11.8 Å². The lowest BCUT2D eigenvalue weighted by molar-refractivity contribution is -0.136. The Hall–Kier alpha value is -1.53. The Morgan fingerprint density at radius 3 is 3.14 bits per heavy atom. The van der Waals surface area contributed by atoms with Crippen LogP contribution in [0.25, 0.3) is 11.0 Å². The Morgan fingerprint density at radius 1 is 1.41 bits per heavy atom. The quantitative estimate of drug-likeness (QED) is 0.781. The Bertz CT molecular complexity index is 743. The summed E-state index contributed by atoms with van der Waals surface area (Å²) in [6.07, 6.45) is 3.40. The van der Waals surface area contributed by atoms with Crippen molar-refractivity contribution in [3.8, 4) is 0 Å². The molecule has 1 amide bonds. The summed E-state index contributed by atoms with van der Waals surface area (Å²) in [6.45, 7) is 2.64. The molecule has 0 spiro atoms. The van der Waals surface area contributed by atoms with Crippen molar-refractivity contribution in [2.24, 2.45) is 5.92 Å². The van der Waals surface area contributed by atoms with E-state index >= 15 is 0 Å². The minimum Gasteiger partial charge on any atom is -0.381 e. The summed E-state index contributed by atoms with van der Waals surface area (Å²) in [5.74, 6) is 0.251. The fourth-order valence-corrected chi connectivity index (χ4v) is 3.52. The van der Waals surface area contributed by atoms with Gasteiger partial charge < -0.3 is 9.64 Å². The topological polar surface area (TPSA) is 55.3 Å². The van der Waals surface area contributed by atoms with E-state index in [1.807, 2.05) is 11.0 Å². The van der Waals surface area contributed by atoms with Gasteiger partial charge in [0.2, 0.25) is 5.91 Å². The molecule has 1 saturated heterocycles. The zero-order chi connectivity index (χ0) is 15.1. The fourth-order valence-electron chi connectivity index (χ4n) is 3.17. The lowest BCUT2D eigenvalue weighted by Crippen LogP contribution is -2.40. The maximum atomic E-state index is 12.5. The normalized spacial score (nSPS) is 21.1. The molecule has 1 unspecified atom stereocenters. The smallest absolute Gasteiger partial charge is 0.228 e. The fraction of sp³-hybridized carbons (Fsp3) is 0.438. The van der Waals surface area contributed by atoms with Gasteiger partial charge in [-0.25, -0.2) is 9.97 Å². The van der Waals surface area contributed by atoms with E-state index in [9.17, 15) is 4.79 Å². The van der Waals surface area contributed by atoms with E-state index < -0.39 is 0 Å². The molecule has 114 valence electrons. The molecule has 0 radical (unpaired) electrons. The number of halogens is 1. The Kier molecular flexibility index (Phi) is 3.58. The monoisotopic (exact) mass is 361 g/mol. The first kappa shape index (κ1) is 14.1. The Balaban J connectivity index is 1.63. The number of ether oxygens (including phenoxy) is 1. The van der Waals surface area contributed by atoms with Crippen LogP contribution >= 0.6 is 15.9 Å². The van der Waals surface area contributed by atoms with Crippen molar-refractivity contribution < 1.29 is 9.53 Å². The second-order valence-electron chi connectivity index (χ2n) is 5.86. The number of aromatic nitrogens is 2. The van der Waals surface area contributed by atoms with Gasteiger partial charge in [0.25, 0.3) is 0 Å². The SMILES string of the molecule is O=C(C1CCOC1)N1CCc2nc3ncc(Br)cc3cc2C1. The first-order valence-corrected chi connectivity index (χ1v) is 8.30. The molecule has 0 aromatic carbocycles. The number of hydrogen-bond acceptors (Lipinski definition) is 4. The maximum Gasteiger partial charge on any atom is 0.228 e. The second kappa shape index (κ2) is 5.59. The third-order valence-electron chi connectivity index (χ3n) is 4.37. The summed E-state index contributed by atoms with van der Waals surface area (Å²) in [6, 6.07) is 4.13. The van der Waals surface area contributed by atoms with Crippen LogP contribution in [-0.2, 0) is 22.5 Å². The highest BCUT2D eigenvalue weighted by Gasteiger charge is 2.30. The highest BCUT2D eigenvalue weighted by molar-refractivity contribution is 9.10. The van der Waals surface area contributed by atoms with Crippen LogP contribution in [0.1, 0.15) is 17.7 Å². The molecule has 4 heterocycles. The van der Waals surface area contributed by atoms with Crippen molar-refractivity contribution in [3.63, 3.8) is 0 Å². The summed E-state index contributed by atoms with van der Waals surface area (Å²) in [5, 5.41) is 1.01. The molecule has 1 atom stereocenters. The van der Waals surface area contributed by atoms with Gasteiger partial charge in [-0.1, -0.05) is 0 Å². The first-order chi connectivity index (χ1) is 10.7. The van der Waals surface area contributed by atoms with Gasteiger partial charge in [0, 0.05) is 47.9 Å². The molecule has 0 aliphatic carbocycles. The number of amides is 1. The summed E-state index contributed by atoms with van der Waals surface area (Å²) in [5.41, 5.74) is 2.96. The van der Waals surface area contributed by atoms with E-state index in [4.69, 9.17) is 4.74 Å². The van der Waals surface area contributed by atoms with Crippen molar-refractivity contribution in [3.05, 3.63) is 34.1 Å². The zero-order valence-electron chi connectivity index (χ0n) is 12.1. The number of carbonyl (C=O) groups excluding carboxylic acids is 1. The van der Waals surface area contributed by atoms with Crippen molar-refractivity contribution in [1.82, 2.24) is 14.9 Å². The van der Waals surface area contributed by atoms with Crippen molar-refractivity contribution >= 4 is 32.9 Å². The van der Waals surface area contributed by atoms with Gasteiger partial charge in [-0.15, -0.1) is 0 Å². The van der Waals surface area contributed by atoms with E-state index in [1.165, 1.54) is 0 Å². The maximum absolute atomic E-state index is 12.5. The highest BCUT2D eigenvalue weighted by atomic mass is 79.9. The van der Waals surface area contributed by atoms with Gasteiger partial charge in [0.05, 0.1) is 12.5 Å². The number of pyridine rings is 2. The summed E-state index contributed by atoms with van der Waals surface area (Å²) < 4.78 is 6.27. The molecule has 2 aliphatic heterocycles. The molecule has 6 heteroatoms. The largest absolute Gasteiger partial charge is 0.381 e. The zero-order valence-corrected chi connectivity index (χ0v) is 13.7. The molecule has 2 aromatic heterocycles. The van der Waals surface area contributed by atoms with Crippen molar-refractivity contribution in [2.45, 2.75) is 19.4 Å². The Labute approximate surface area is 136 Å². The number of carbonyl (C=O) groups is 1. The molecule has 0 bridgehead atoms. The average Bonchev–Trinajstić information content (AvgIpc) is 3.06. The van der Waals surface area contributed by atoms with Gasteiger partial charge >= 0.3 is 0 Å². The number of nitrogens with zero attached hydrogens (tertiary/aromatic N) is 3. The molecule has 2 aliphatic rings. The molecule has 0 saturated carbocycles. The third-order valence-corrected chi connectivity index (χ3v) is 4.81. The lowest BCUT2D eigenvalue weighted by Gasteiger charge is -2.30. The minimum atomic E-state index is 0.0331. The van der Waals surface area contributed by atoms with Gasteiger partial charge in [-0.2, -0.15) is 0 Å². The lowest BCUT2D eigenvalue weighted by atomic mass is 10.0. The molecule has 2 aromatic rings. The Morgan fingerprint density at radius 2 is 2.32 bits per heavy atom. The highest BCUT2D eigenvalue weighted by Crippen LogP contribution is 2.25. The van der Waals surface area contributed by atoms with Crippen molar-refractivity contribution in [1.29, 1.82) is 0 Å². The average molecular weight is 362 g/mol. The molecule has 1 fully saturated rings. The van der Waals surface area contributed by atoms with E-state index in [1.54, 1.807) is 6.20 Å². The van der Waals surface area contributed by atoms with Crippen LogP contribution < -0.4 is 0 Å². The van der Waals surface area contributed by atoms with Gasteiger partial charge in [-0.05, 0) is 40.0 Å². The van der Waals surface area contributed by atoms with E-state index in [0.717, 1.165) is 46.1 Å². The molecule has 5 nitrogen and oxygen atoms in total. The second-order valence-corrected chi connectivity index (χ2v) is 6.78. The van der Waals surface area contributed by atoms with Gasteiger partial charge in [0.1, 0.15) is 0 Å². The van der Waals surface area contributed by atoms with Crippen LogP contribution in [0.15, 0.2) is 22.8 Å². The summed E-state index contributed by atoms with van der Waals surface area (Å²) in [7, 11) is 0. The predicted octanol–water partition coefficient (Wildman–Crippen LogP) is 2.31. The number of rotatable bonds is 1. The van der Waals surface area contributed by atoms with Gasteiger partial charge in [0.15, 0.2) is 5.65 Å². The van der Waals surface area contributed by atoms with E-state index in [2.05, 4.69) is 32.0 Å². The third kappa shape index (κ3) is 2.50. The van der Waals surface area contributed by atoms with Gasteiger partial charge in [-0.3, -0.25) is 4.79 Å². The summed E-state index contributed by atoms with van der Waals surface area (Å²) >= 11 is 3.44. The number of fused-ring (bicyclic) bond motifs is 2. The molecule has 0 N–H and O–H groups in total. The molecular weight excluding hydrogens is 346 g/mol. The first-order valence-electron chi connectivity index (χ1n) is 7.51. The predicted molar refractivity (Wildman–Crippen MR) is 85.3 cm³/mol.